The first-order valence-electron chi connectivity index (χ1n) is 5.33. The Labute approximate surface area is 88.5 Å². The van der Waals surface area contributed by atoms with Gasteiger partial charge < -0.3 is 5.11 Å². The van der Waals surface area contributed by atoms with E-state index in [1.165, 1.54) is 11.1 Å². The Morgan fingerprint density at radius 3 is 2.21 bits per heavy atom. The van der Waals surface area contributed by atoms with Gasteiger partial charge in [-0.05, 0) is 30.8 Å². The fourth-order valence-electron chi connectivity index (χ4n) is 1.89. The van der Waals surface area contributed by atoms with Crippen molar-refractivity contribution in [2.45, 2.75) is 53.6 Å². The van der Waals surface area contributed by atoms with Crippen molar-refractivity contribution in [3.63, 3.8) is 0 Å². The van der Waals surface area contributed by atoms with E-state index in [0.717, 1.165) is 6.42 Å². The van der Waals surface area contributed by atoms with E-state index in [2.05, 4.69) is 41.2 Å². The van der Waals surface area contributed by atoms with Gasteiger partial charge in [0.05, 0.1) is 6.10 Å². The van der Waals surface area contributed by atoms with Crippen molar-refractivity contribution < 1.29 is 5.11 Å². The maximum atomic E-state index is 10.0. The van der Waals surface area contributed by atoms with E-state index in [4.69, 9.17) is 0 Å². The van der Waals surface area contributed by atoms with Crippen molar-refractivity contribution in [3.8, 4) is 0 Å². The van der Waals surface area contributed by atoms with Crippen LogP contribution in [0.1, 0.15) is 47.5 Å². The van der Waals surface area contributed by atoms with Gasteiger partial charge in [-0.3, -0.25) is 0 Å². The summed E-state index contributed by atoms with van der Waals surface area (Å²) in [5.41, 5.74) is 2.51. The van der Waals surface area contributed by atoms with E-state index in [1.54, 1.807) is 6.08 Å². The van der Waals surface area contributed by atoms with Gasteiger partial charge in [-0.1, -0.05) is 39.3 Å². The van der Waals surface area contributed by atoms with E-state index in [0.29, 0.717) is 6.42 Å². The van der Waals surface area contributed by atoms with E-state index in [1.807, 2.05) is 0 Å². The molecule has 1 nitrogen and oxygen atoms in total. The molecule has 0 radical (unpaired) electrons. The lowest BCUT2D eigenvalue weighted by molar-refractivity contribution is 0.186. The van der Waals surface area contributed by atoms with Crippen LogP contribution in [-0.2, 0) is 0 Å². The average Bonchev–Trinajstić information content (AvgIpc) is 2.02. The van der Waals surface area contributed by atoms with Crippen LogP contribution in [0.5, 0.6) is 0 Å². The van der Waals surface area contributed by atoms with Gasteiger partial charge >= 0.3 is 0 Å². The minimum atomic E-state index is -0.368. The number of hydrogen-bond donors (Lipinski definition) is 1. The molecule has 1 heteroatoms. The minimum Gasteiger partial charge on any atom is -0.388 e. The summed E-state index contributed by atoms with van der Waals surface area (Å²) in [6, 6.07) is 0. The molecular formula is C13H24O. The molecular weight excluding hydrogens is 172 g/mol. The third-order valence-electron chi connectivity index (χ3n) is 2.52. The number of aliphatic hydroxyl groups excluding tert-OH is 1. The largest absolute Gasteiger partial charge is 0.388 e. The minimum absolute atomic E-state index is 0.0442. The zero-order valence-electron chi connectivity index (χ0n) is 10.2. The quantitative estimate of drug-likeness (QED) is 0.680. The van der Waals surface area contributed by atoms with Crippen LogP contribution >= 0.6 is 0 Å². The molecule has 0 heterocycles. The van der Waals surface area contributed by atoms with Gasteiger partial charge in [-0.25, -0.2) is 0 Å². The van der Waals surface area contributed by atoms with Crippen LogP contribution in [0, 0.1) is 5.41 Å². The van der Waals surface area contributed by atoms with Gasteiger partial charge in [-0.15, -0.1) is 6.58 Å². The SMILES string of the molecule is C=CCC(O)/C(=C(/C)CC)C(C)(C)C. The molecule has 0 fully saturated rings. The van der Waals surface area contributed by atoms with Crippen LogP contribution in [0.2, 0.25) is 0 Å². The summed E-state index contributed by atoms with van der Waals surface area (Å²) in [4.78, 5) is 0. The molecule has 0 aromatic carbocycles. The van der Waals surface area contributed by atoms with Gasteiger partial charge in [0.25, 0.3) is 0 Å². The molecule has 0 spiro atoms. The molecule has 1 N–H and O–H groups in total. The monoisotopic (exact) mass is 196 g/mol. The highest BCUT2D eigenvalue weighted by atomic mass is 16.3. The average molecular weight is 196 g/mol. The predicted molar refractivity (Wildman–Crippen MR) is 63.3 cm³/mol. The van der Waals surface area contributed by atoms with Gasteiger partial charge in [0.15, 0.2) is 0 Å². The lowest BCUT2D eigenvalue weighted by atomic mass is 9.79. The van der Waals surface area contributed by atoms with E-state index >= 15 is 0 Å². The van der Waals surface area contributed by atoms with E-state index in [-0.39, 0.29) is 11.5 Å². The Morgan fingerprint density at radius 1 is 1.43 bits per heavy atom. The molecule has 0 aliphatic heterocycles. The Balaban J connectivity index is 5.02. The molecule has 0 aliphatic carbocycles. The van der Waals surface area contributed by atoms with Crippen molar-refractivity contribution in [1.29, 1.82) is 0 Å². The number of aliphatic hydroxyl groups is 1. The van der Waals surface area contributed by atoms with Crippen molar-refractivity contribution in [2.24, 2.45) is 5.41 Å². The van der Waals surface area contributed by atoms with Crippen LogP contribution < -0.4 is 0 Å². The number of rotatable bonds is 4. The summed E-state index contributed by atoms with van der Waals surface area (Å²) in [6.07, 6.45) is 3.05. The summed E-state index contributed by atoms with van der Waals surface area (Å²) in [7, 11) is 0. The second-order valence-corrected chi connectivity index (χ2v) is 4.84. The molecule has 0 aromatic rings. The normalized spacial score (nSPS) is 16.1. The topological polar surface area (TPSA) is 20.2 Å². The molecule has 0 amide bonds. The molecule has 14 heavy (non-hydrogen) atoms. The summed E-state index contributed by atoms with van der Waals surface area (Å²) < 4.78 is 0. The van der Waals surface area contributed by atoms with Crippen LogP contribution in [0.25, 0.3) is 0 Å². The molecule has 0 aromatic heterocycles. The van der Waals surface area contributed by atoms with Crippen LogP contribution in [0.3, 0.4) is 0 Å². The first kappa shape index (κ1) is 13.4. The second kappa shape index (κ2) is 5.35. The lowest BCUT2D eigenvalue weighted by Gasteiger charge is -2.29. The Hall–Kier alpha value is -0.560. The third kappa shape index (κ3) is 3.67. The van der Waals surface area contributed by atoms with E-state index < -0.39 is 0 Å². The van der Waals surface area contributed by atoms with Gasteiger partial charge in [-0.2, -0.15) is 0 Å². The van der Waals surface area contributed by atoms with Crippen LogP contribution in [0.4, 0.5) is 0 Å². The first-order chi connectivity index (χ1) is 6.34. The molecule has 0 aliphatic rings. The molecule has 0 bridgehead atoms. The fourth-order valence-corrected chi connectivity index (χ4v) is 1.89. The Morgan fingerprint density at radius 2 is 1.93 bits per heavy atom. The van der Waals surface area contributed by atoms with Gasteiger partial charge in [0.2, 0.25) is 0 Å². The summed E-state index contributed by atoms with van der Waals surface area (Å²) in [6.45, 7) is 14.3. The van der Waals surface area contributed by atoms with Crippen molar-refractivity contribution in [3.05, 3.63) is 23.8 Å². The molecule has 1 atom stereocenters. The number of allylic oxidation sites excluding steroid dienone is 1. The third-order valence-corrected chi connectivity index (χ3v) is 2.52. The van der Waals surface area contributed by atoms with Gasteiger partial charge in [0.1, 0.15) is 0 Å². The fraction of sp³-hybridized carbons (Fsp3) is 0.692. The van der Waals surface area contributed by atoms with Crippen molar-refractivity contribution in [2.75, 3.05) is 0 Å². The molecule has 82 valence electrons. The van der Waals surface area contributed by atoms with Crippen LogP contribution in [-0.4, -0.2) is 11.2 Å². The molecule has 0 rings (SSSR count). The maximum Gasteiger partial charge on any atom is 0.0792 e. The smallest absolute Gasteiger partial charge is 0.0792 e. The zero-order valence-corrected chi connectivity index (χ0v) is 10.2. The highest BCUT2D eigenvalue weighted by molar-refractivity contribution is 5.23. The first-order valence-corrected chi connectivity index (χ1v) is 5.33. The van der Waals surface area contributed by atoms with Crippen LogP contribution in [0.15, 0.2) is 23.8 Å². The molecule has 0 saturated carbocycles. The molecule has 0 saturated heterocycles. The predicted octanol–water partition coefficient (Wildman–Crippen LogP) is 3.70. The zero-order chi connectivity index (χ0) is 11.4. The molecule has 1 unspecified atom stereocenters. The highest BCUT2D eigenvalue weighted by Gasteiger charge is 2.24. The van der Waals surface area contributed by atoms with Crippen molar-refractivity contribution >= 4 is 0 Å². The highest BCUT2D eigenvalue weighted by Crippen LogP contribution is 2.33. The maximum absolute atomic E-state index is 10.0. The number of hydrogen-bond acceptors (Lipinski definition) is 1. The lowest BCUT2D eigenvalue weighted by Crippen LogP contribution is -2.23. The second-order valence-electron chi connectivity index (χ2n) is 4.84. The standard InChI is InChI=1S/C13H24O/c1-7-9-11(14)12(10(3)8-2)13(4,5)6/h7,11,14H,1,8-9H2,2-6H3/b12-10+. The Bertz CT molecular complexity index is 218. The van der Waals surface area contributed by atoms with Crippen molar-refractivity contribution in [1.82, 2.24) is 0 Å². The summed E-state index contributed by atoms with van der Waals surface area (Å²) >= 11 is 0. The van der Waals surface area contributed by atoms with E-state index in [9.17, 15) is 5.11 Å². The summed E-state index contributed by atoms with van der Waals surface area (Å²) in [5, 5.41) is 10.0. The van der Waals surface area contributed by atoms with Gasteiger partial charge in [0, 0.05) is 0 Å². The Kier molecular flexibility index (Phi) is 5.14. The summed E-state index contributed by atoms with van der Waals surface area (Å²) in [5.74, 6) is 0.